The number of pyridine rings is 1. The van der Waals surface area contributed by atoms with Crippen molar-refractivity contribution in [3.05, 3.63) is 63.3 Å². The van der Waals surface area contributed by atoms with Gasteiger partial charge in [-0.3, -0.25) is 9.69 Å². The van der Waals surface area contributed by atoms with Crippen LogP contribution in [0.15, 0.2) is 34.9 Å². The third-order valence-corrected chi connectivity index (χ3v) is 4.10. The molecule has 2 aromatic rings. The highest BCUT2D eigenvalue weighted by Crippen LogP contribution is 2.49. The van der Waals surface area contributed by atoms with Gasteiger partial charge >= 0.3 is 11.8 Å². The van der Waals surface area contributed by atoms with Crippen molar-refractivity contribution in [1.29, 1.82) is 0 Å². The van der Waals surface area contributed by atoms with Crippen molar-refractivity contribution in [3.8, 4) is 0 Å². The summed E-state index contributed by atoms with van der Waals surface area (Å²) in [5.74, 6) is -6.16. The first kappa shape index (κ1) is 15.5. The van der Waals surface area contributed by atoms with Crippen LogP contribution in [-0.2, 0) is 17.3 Å². The maximum atomic E-state index is 14.2. The van der Waals surface area contributed by atoms with Crippen molar-refractivity contribution in [2.45, 2.75) is 12.5 Å². The SMILES string of the molecule is [C-]#[N+]c1cc(CN2C(=O)C(F)(F)c3c(Br)ccc(F)c32)ccn1. The number of hydrogen-bond donors (Lipinski definition) is 0. The number of aromatic nitrogens is 1. The molecule has 0 fully saturated rings. The second-order valence-electron chi connectivity index (χ2n) is 4.85. The molecule has 1 amide bonds. The van der Waals surface area contributed by atoms with Gasteiger partial charge in [0.1, 0.15) is 12.0 Å². The molecule has 4 nitrogen and oxygen atoms in total. The number of halogens is 4. The van der Waals surface area contributed by atoms with Gasteiger partial charge in [0.05, 0.1) is 17.8 Å². The summed E-state index contributed by atoms with van der Waals surface area (Å²) in [4.78, 5) is 19.7. The van der Waals surface area contributed by atoms with E-state index in [1.165, 1.54) is 18.3 Å². The first-order valence-corrected chi connectivity index (χ1v) is 7.16. The Bertz CT molecular complexity index is 864. The lowest BCUT2D eigenvalue weighted by Gasteiger charge is -2.18. The largest absolute Gasteiger partial charge is 0.361 e. The van der Waals surface area contributed by atoms with Crippen LogP contribution in [-0.4, -0.2) is 10.9 Å². The maximum absolute atomic E-state index is 14.2. The monoisotopic (exact) mass is 381 g/mol. The topological polar surface area (TPSA) is 37.6 Å². The summed E-state index contributed by atoms with van der Waals surface area (Å²) in [7, 11) is 0. The summed E-state index contributed by atoms with van der Waals surface area (Å²) in [6, 6.07) is 5.00. The first-order valence-electron chi connectivity index (χ1n) is 6.37. The smallest absolute Gasteiger partial charge is 0.353 e. The summed E-state index contributed by atoms with van der Waals surface area (Å²) in [5.41, 5.74) is -0.722. The van der Waals surface area contributed by atoms with Gasteiger partial charge in [0, 0.05) is 4.47 Å². The number of nitrogens with zero attached hydrogens (tertiary/aromatic N) is 3. The van der Waals surface area contributed by atoms with Gasteiger partial charge in [-0.25, -0.2) is 4.39 Å². The van der Waals surface area contributed by atoms with Gasteiger partial charge < -0.3 is 4.85 Å². The highest BCUT2D eigenvalue weighted by Gasteiger charge is 2.55. The van der Waals surface area contributed by atoms with Crippen molar-refractivity contribution in [2.75, 3.05) is 4.90 Å². The molecule has 0 saturated heterocycles. The van der Waals surface area contributed by atoms with Crippen molar-refractivity contribution in [1.82, 2.24) is 4.98 Å². The van der Waals surface area contributed by atoms with Gasteiger partial charge in [0.15, 0.2) is 0 Å². The zero-order valence-corrected chi connectivity index (χ0v) is 12.9. The third-order valence-electron chi connectivity index (χ3n) is 3.44. The molecule has 1 aliphatic rings. The fourth-order valence-corrected chi connectivity index (χ4v) is 3.00. The number of rotatable bonds is 2. The first-order chi connectivity index (χ1) is 10.9. The molecule has 8 heteroatoms. The molecule has 0 radical (unpaired) electrons. The summed E-state index contributed by atoms with van der Waals surface area (Å²) >= 11 is 2.94. The van der Waals surface area contributed by atoms with E-state index in [0.29, 0.717) is 10.5 Å². The van der Waals surface area contributed by atoms with Gasteiger partial charge in [-0.2, -0.15) is 8.78 Å². The Morgan fingerprint density at radius 3 is 2.78 bits per heavy atom. The van der Waals surface area contributed by atoms with E-state index in [9.17, 15) is 18.0 Å². The zero-order chi connectivity index (χ0) is 16.8. The van der Waals surface area contributed by atoms with Crippen LogP contribution in [0.4, 0.5) is 24.7 Å². The Labute approximate surface area is 137 Å². The van der Waals surface area contributed by atoms with E-state index in [-0.39, 0.29) is 16.8 Å². The van der Waals surface area contributed by atoms with Crippen molar-refractivity contribution in [2.24, 2.45) is 0 Å². The number of carbonyl (C=O) groups excluding carboxylic acids is 1. The molecule has 0 bridgehead atoms. The van der Waals surface area contributed by atoms with Crippen LogP contribution < -0.4 is 4.90 Å². The minimum atomic E-state index is -3.81. The molecule has 1 aromatic heterocycles. The van der Waals surface area contributed by atoms with E-state index in [4.69, 9.17) is 6.57 Å². The number of alkyl halides is 2. The van der Waals surface area contributed by atoms with Crippen LogP contribution in [0, 0.1) is 12.4 Å². The number of hydrogen-bond acceptors (Lipinski definition) is 2. The van der Waals surface area contributed by atoms with Crippen LogP contribution in [0.25, 0.3) is 4.85 Å². The molecule has 0 atom stereocenters. The lowest BCUT2D eigenvalue weighted by Crippen LogP contribution is -2.34. The van der Waals surface area contributed by atoms with Crippen molar-refractivity contribution in [3.63, 3.8) is 0 Å². The molecule has 0 spiro atoms. The minimum Gasteiger partial charge on any atom is -0.361 e. The Kier molecular flexibility index (Phi) is 3.60. The van der Waals surface area contributed by atoms with Crippen LogP contribution in [0.5, 0.6) is 0 Å². The second kappa shape index (κ2) is 5.35. The molecule has 23 heavy (non-hydrogen) atoms. The normalized spacial score (nSPS) is 15.4. The third kappa shape index (κ3) is 2.37. The quantitative estimate of drug-likeness (QED) is 0.732. The number of benzene rings is 1. The van der Waals surface area contributed by atoms with E-state index in [1.54, 1.807) is 0 Å². The average Bonchev–Trinajstić information content (AvgIpc) is 2.73. The van der Waals surface area contributed by atoms with E-state index >= 15 is 0 Å². The molecular weight excluding hydrogens is 375 g/mol. The van der Waals surface area contributed by atoms with Crippen LogP contribution in [0.3, 0.4) is 0 Å². The molecule has 116 valence electrons. The van der Waals surface area contributed by atoms with Gasteiger partial charge in [-0.05, 0) is 29.8 Å². The van der Waals surface area contributed by atoms with Gasteiger partial charge in [0.2, 0.25) is 0 Å². The summed E-state index contributed by atoms with van der Waals surface area (Å²) in [5, 5.41) is 0. The average molecular weight is 382 g/mol. The second-order valence-corrected chi connectivity index (χ2v) is 5.71. The van der Waals surface area contributed by atoms with Crippen LogP contribution in [0.2, 0.25) is 0 Å². The fourth-order valence-electron chi connectivity index (χ4n) is 2.44. The fraction of sp³-hybridized carbons (Fsp3) is 0.133. The Balaban J connectivity index is 2.10. The van der Waals surface area contributed by atoms with Crippen LogP contribution >= 0.6 is 15.9 Å². The molecule has 3 rings (SSSR count). The highest BCUT2D eigenvalue weighted by molar-refractivity contribution is 9.10. The number of amides is 1. The zero-order valence-electron chi connectivity index (χ0n) is 11.4. The highest BCUT2D eigenvalue weighted by atomic mass is 79.9. The number of fused-ring (bicyclic) bond motifs is 1. The molecule has 1 aromatic carbocycles. The standard InChI is InChI=1S/C15H7BrF3N3O/c1-20-11-6-8(4-5-21-11)7-22-13-10(17)3-2-9(16)12(13)15(18,19)14(22)23/h2-6H,7H2. The summed E-state index contributed by atoms with van der Waals surface area (Å²) < 4.78 is 42.5. The predicted molar refractivity (Wildman–Crippen MR) is 79.7 cm³/mol. The number of carbonyl (C=O) groups is 1. The predicted octanol–water partition coefficient (Wildman–Crippen LogP) is 4.17. The molecule has 0 saturated carbocycles. The van der Waals surface area contributed by atoms with E-state index in [2.05, 4.69) is 25.8 Å². The Morgan fingerprint density at radius 1 is 1.35 bits per heavy atom. The molecular formula is C15H7BrF3N3O. The van der Waals surface area contributed by atoms with Crippen molar-refractivity contribution >= 4 is 33.3 Å². The maximum Gasteiger partial charge on any atom is 0.353 e. The van der Waals surface area contributed by atoms with Crippen molar-refractivity contribution < 1.29 is 18.0 Å². The Morgan fingerprint density at radius 2 is 2.09 bits per heavy atom. The minimum absolute atomic E-state index is 0.0358. The van der Waals surface area contributed by atoms with Gasteiger partial charge in [-0.1, -0.05) is 22.5 Å². The van der Waals surface area contributed by atoms with E-state index < -0.39 is 28.9 Å². The summed E-state index contributed by atoms with van der Waals surface area (Å²) in [6.07, 6.45) is 1.33. The van der Waals surface area contributed by atoms with Crippen LogP contribution in [0.1, 0.15) is 11.1 Å². The number of anilines is 1. The molecule has 1 aliphatic heterocycles. The van der Waals surface area contributed by atoms with Gasteiger partial charge in [-0.15, -0.1) is 4.98 Å². The lowest BCUT2D eigenvalue weighted by molar-refractivity contribution is -0.141. The lowest BCUT2D eigenvalue weighted by atomic mass is 10.1. The van der Waals surface area contributed by atoms with E-state index in [0.717, 1.165) is 12.1 Å². The Hall–Kier alpha value is -2.40. The molecule has 0 N–H and O–H groups in total. The van der Waals surface area contributed by atoms with E-state index in [1.807, 2.05) is 0 Å². The molecule has 2 heterocycles. The summed E-state index contributed by atoms with van der Waals surface area (Å²) in [6.45, 7) is 6.62. The van der Waals surface area contributed by atoms with Gasteiger partial charge in [0.25, 0.3) is 5.82 Å². The molecule has 0 unspecified atom stereocenters. The molecule has 0 aliphatic carbocycles.